The van der Waals surface area contributed by atoms with Crippen LogP contribution in [0.4, 0.5) is 0 Å². The molecule has 152 valence electrons. The van der Waals surface area contributed by atoms with Crippen LogP contribution >= 0.6 is 15.9 Å². The number of amides is 2. The molecule has 7 heteroatoms. The molecule has 0 saturated heterocycles. The van der Waals surface area contributed by atoms with E-state index in [1.165, 1.54) is 10.5 Å². The lowest BCUT2D eigenvalue weighted by atomic mass is 10.0. The number of nitrogens with zero attached hydrogens (tertiary/aromatic N) is 1. The van der Waals surface area contributed by atoms with Gasteiger partial charge in [0.25, 0.3) is 11.8 Å². The lowest BCUT2D eigenvalue weighted by Crippen LogP contribution is -2.31. The van der Waals surface area contributed by atoms with E-state index in [2.05, 4.69) is 29.8 Å². The number of imide groups is 1. The quantitative estimate of drug-likeness (QED) is 0.336. The maximum absolute atomic E-state index is 12.4. The third-order valence-electron chi connectivity index (χ3n) is 4.63. The van der Waals surface area contributed by atoms with Gasteiger partial charge in [-0.25, -0.2) is 4.79 Å². The molecule has 0 bridgehead atoms. The number of halogens is 1. The second-order valence-corrected chi connectivity index (χ2v) is 7.95. The van der Waals surface area contributed by atoms with Crippen molar-refractivity contribution in [3.63, 3.8) is 0 Å². The van der Waals surface area contributed by atoms with E-state index in [9.17, 15) is 14.4 Å². The zero-order valence-electron chi connectivity index (χ0n) is 16.3. The molecular formula is C22H22BrNO5. The molecule has 3 rings (SSSR count). The standard InChI is InChI=1S/C22H22BrNO5/c1-14(2)15-4-7-17(8-5-15)29-13-20(25)28-11-3-10-24-21(26)18-9-6-16(23)12-19(18)22(24)27/h4-9,12,14H,3,10-11,13H2,1-2H3. The first-order chi connectivity index (χ1) is 13.9. The van der Waals surface area contributed by atoms with Gasteiger partial charge in [-0.2, -0.15) is 0 Å². The van der Waals surface area contributed by atoms with Crippen molar-refractivity contribution in [3.8, 4) is 5.75 Å². The van der Waals surface area contributed by atoms with Crippen molar-refractivity contribution in [3.05, 3.63) is 63.6 Å². The summed E-state index contributed by atoms with van der Waals surface area (Å²) in [5, 5.41) is 0. The van der Waals surface area contributed by atoms with E-state index in [0.29, 0.717) is 29.2 Å². The van der Waals surface area contributed by atoms with Gasteiger partial charge in [0.2, 0.25) is 0 Å². The molecule has 0 N–H and O–H groups in total. The summed E-state index contributed by atoms with van der Waals surface area (Å²) >= 11 is 3.30. The normalized spacial score (nSPS) is 13.0. The number of fused-ring (bicyclic) bond motifs is 1. The Hall–Kier alpha value is -2.67. The first-order valence-electron chi connectivity index (χ1n) is 9.41. The smallest absolute Gasteiger partial charge is 0.344 e. The molecule has 0 aliphatic carbocycles. The molecule has 29 heavy (non-hydrogen) atoms. The number of rotatable bonds is 8. The number of ether oxygens (including phenoxy) is 2. The molecular weight excluding hydrogens is 438 g/mol. The number of benzene rings is 2. The fraction of sp³-hybridized carbons (Fsp3) is 0.318. The highest BCUT2D eigenvalue weighted by molar-refractivity contribution is 9.10. The minimum Gasteiger partial charge on any atom is -0.482 e. The average molecular weight is 460 g/mol. The molecule has 6 nitrogen and oxygen atoms in total. The maximum atomic E-state index is 12.4. The zero-order chi connectivity index (χ0) is 21.0. The van der Waals surface area contributed by atoms with Crippen LogP contribution in [0.25, 0.3) is 0 Å². The van der Waals surface area contributed by atoms with Crippen molar-refractivity contribution in [1.29, 1.82) is 0 Å². The van der Waals surface area contributed by atoms with E-state index in [0.717, 1.165) is 4.47 Å². The minimum absolute atomic E-state index is 0.103. The van der Waals surface area contributed by atoms with Gasteiger partial charge in [0.1, 0.15) is 5.75 Å². The predicted octanol–water partition coefficient (Wildman–Crippen LogP) is 4.18. The first kappa shape index (κ1) is 21.0. The summed E-state index contributed by atoms with van der Waals surface area (Å²) in [6.07, 6.45) is 0.363. The van der Waals surface area contributed by atoms with Gasteiger partial charge in [0, 0.05) is 11.0 Å². The molecule has 1 heterocycles. The van der Waals surface area contributed by atoms with Crippen LogP contribution in [0.5, 0.6) is 5.75 Å². The Kier molecular flexibility index (Phi) is 6.69. The summed E-state index contributed by atoms with van der Waals surface area (Å²) in [4.78, 5) is 37.7. The molecule has 0 radical (unpaired) electrons. The molecule has 1 aliphatic heterocycles. The summed E-state index contributed by atoms with van der Waals surface area (Å²) in [7, 11) is 0. The van der Waals surface area contributed by atoms with Gasteiger partial charge in [-0.05, 0) is 48.2 Å². The number of hydrogen-bond donors (Lipinski definition) is 0. The summed E-state index contributed by atoms with van der Waals surface area (Å²) in [5.74, 6) is -0.117. The largest absolute Gasteiger partial charge is 0.482 e. The van der Waals surface area contributed by atoms with Crippen molar-refractivity contribution in [2.45, 2.75) is 26.2 Å². The van der Waals surface area contributed by atoms with Crippen LogP contribution in [0.3, 0.4) is 0 Å². The molecule has 2 amide bonds. The summed E-state index contributed by atoms with van der Waals surface area (Å²) in [6, 6.07) is 12.6. The second kappa shape index (κ2) is 9.22. The minimum atomic E-state index is -0.496. The van der Waals surface area contributed by atoms with Gasteiger partial charge in [0.15, 0.2) is 6.61 Å². The number of carbonyl (C=O) groups is 3. The predicted molar refractivity (Wildman–Crippen MR) is 111 cm³/mol. The van der Waals surface area contributed by atoms with Crippen LogP contribution in [-0.2, 0) is 9.53 Å². The molecule has 2 aromatic rings. The molecule has 1 aliphatic rings. The Balaban J connectivity index is 1.40. The van der Waals surface area contributed by atoms with E-state index >= 15 is 0 Å². The van der Waals surface area contributed by atoms with Gasteiger partial charge < -0.3 is 9.47 Å². The molecule has 0 fully saturated rings. The third-order valence-corrected chi connectivity index (χ3v) is 5.12. The van der Waals surface area contributed by atoms with E-state index < -0.39 is 5.97 Å². The van der Waals surface area contributed by atoms with Gasteiger partial charge >= 0.3 is 5.97 Å². The number of esters is 1. The fourth-order valence-electron chi connectivity index (χ4n) is 3.01. The van der Waals surface area contributed by atoms with Crippen molar-refractivity contribution >= 4 is 33.7 Å². The second-order valence-electron chi connectivity index (χ2n) is 7.04. The Morgan fingerprint density at radius 3 is 2.41 bits per heavy atom. The molecule has 0 atom stereocenters. The summed E-state index contributed by atoms with van der Waals surface area (Å²) < 4.78 is 11.3. The van der Waals surface area contributed by atoms with Crippen LogP contribution < -0.4 is 4.74 Å². The topological polar surface area (TPSA) is 72.9 Å². The van der Waals surface area contributed by atoms with Gasteiger partial charge in [-0.15, -0.1) is 0 Å². The highest BCUT2D eigenvalue weighted by Gasteiger charge is 2.35. The fourth-order valence-corrected chi connectivity index (χ4v) is 3.37. The summed E-state index contributed by atoms with van der Waals surface area (Å²) in [5.41, 5.74) is 1.98. The van der Waals surface area contributed by atoms with Crippen LogP contribution in [0.15, 0.2) is 46.9 Å². The van der Waals surface area contributed by atoms with Crippen LogP contribution in [-0.4, -0.2) is 42.4 Å². The van der Waals surface area contributed by atoms with Gasteiger partial charge in [-0.3, -0.25) is 14.5 Å². The maximum Gasteiger partial charge on any atom is 0.344 e. The van der Waals surface area contributed by atoms with E-state index in [4.69, 9.17) is 9.47 Å². The van der Waals surface area contributed by atoms with Gasteiger partial charge in [-0.1, -0.05) is 41.9 Å². The van der Waals surface area contributed by atoms with Crippen molar-refractivity contribution in [1.82, 2.24) is 4.90 Å². The molecule has 0 spiro atoms. The Morgan fingerprint density at radius 2 is 1.72 bits per heavy atom. The average Bonchev–Trinajstić information content (AvgIpc) is 2.93. The van der Waals surface area contributed by atoms with E-state index in [1.807, 2.05) is 24.3 Å². The molecule has 2 aromatic carbocycles. The lowest BCUT2D eigenvalue weighted by molar-refractivity contribution is -0.146. The monoisotopic (exact) mass is 459 g/mol. The van der Waals surface area contributed by atoms with Crippen LogP contribution in [0.1, 0.15) is 52.5 Å². The van der Waals surface area contributed by atoms with E-state index in [-0.39, 0.29) is 31.6 Å². The molecule has 0 unspecified atom stereocenters. The molecule has 0 aromatic heterocycles. The van der Waals surface area contributed by atoms with Crippen LogP contribution in [0, 0.1) is 0 Å². The Bertz CT molecular complexity index is 923. The highest BCUT2D eigenvalue weighted by Crippen LogP contribution is 2.26. The van der Waals surface area contributed by atoms with E-state index in [1.54, 1.807) is 18.2 Å². The third kappa shape index (κ3) is 5.03. The van der Waals surface area contributed by atoms with Crippen molar-refractivity contribution < 1.29 is 23.9 Å². The number of carbonyl (C=O) groups excluding carboxylic acids is 3. The lowest BCUT2D eigenvalue weighted by Gasteiger charge is -2.13. The van der Waals surface area contributed by atoms with Crippen LogP contribution in [0.2, 0.25) is 0 Å². The SMILES string of the molecule is CC(C)c1ccc(OCC(=O)OCCCN2C(=O)c3ccc(Br)cc3C2=O)cc1. The molecule has 0 saturated carbocycles. The summed E-state index contributed by atoms with van der Waals surface area (Å²) in [6.45, 7) is 4.31. The first-order valence-corrected chi connectivity index (χ1v) is 10.2. The number of hydrogen-bond acceptors (Lipinski definition) is 5. The highest BCUT2D eigenvalue weighted by atomic mass is 79.9. The van der Waals surface area contributed by atoms with Crippen molar-refractivity contribution in [2.75, 3.05) is 19.8 Å². The Morgan fingerprint density at radius 1 is 1.03 bits per heavy atom. The Labute approximate surface area is 177 Å². The van der Waals surface area contributed by atoms with Gasteiger partial charge in [0.05, 0.1) is 17.7 Å². The van der Waals surface area contributed by atoms with Crippen molar-refractivity contribution in [2.24, 2.45) is 0 Å². The zero-order valence-corrected chi connectivity index (χ0v) is 17.9.